The number of carboxylic acid groups (broad SMARTS) is 1. The molecule has 1 aromatic rings. The Balaban J connectivity index is 2.18. The van der Waals surface area contributed by atoms with E-state index >= 15 is 0 Å². The third-order valence-corrected chi connectivity index (χ3v) is 2.77. The molecule has 0 bridgehead atoms. The third-order valence-electron chi connectivity index (χ3n) is 2.77. The largest absolute Gasteiger partial charge is 0.480 e. The highest BCUT2D eigenvalue weighted by Gasteiger charge is 2.26. The fraction of sp³-hybridized carbons (Fsp3) is 0.333. The number of rotatable bonds is 2. The maximum atomic E-state index is 11.4. The minimum absolute atomic E-state index is 0.212. The second kappa shape index (κ2) is 4.86. The van der Waals surface area contributed by atoms with Gasteiger partial charge in [0, 0.05) is 25.2 Å². The van der Waals surface area contributed by atoms with Crippen LogP contribution in [0.1, 0.15) is 6.42 Å². The summed E-state index contributed by atoms with van der Waals surface area (Å²) in [4.78, 5) is 24.3. The van der Waals surface area contributed by atoms with E-state index in [0.717, 1.165) is 5.69 Å². The smallest absolute Gasteiger partial charge is 0.328 e. The zero-order valence-electron chi connectivity index (χ0n) is 9.30. The van der Waals surface area contributed by atoms with Gasteiger partial charge in [0.25, 0.3) is 0 Å². The molecule has 0 aliphatic carbocycles. The van der Waals surface area contributed by atoms with Crippen molar-refractivity contribution in [1.29, 1.82) is 0 Å². The molecule has 90 valence electrons. The molecule has 1 amide bonds. The van der Waals surface area contributed by atoms with Crippen molar-refractivity contribution >= 4 is 17.6 Å². The Morgan fingerprint density at radius 3 is 2.71 bits per heavy atom. The van der Waals surface area contributed by atoms with E-state index in [4.69, 9.17) is 5.11 Å². The van der Waals surface area contributed by atoms with E-state index in [1.807, 2.05) is 35.2 Å². The second-order valence-electron chi connectivity index (χ2n) is 3.99. The molecule has 1 heterocycles. The number of hydrogen-bond donors (Lipinski definition) is 2. The Morgan fingerprint density at radius 2 is 2.06 bits per heavy atom. The van der Waals surface area contributed by atoms with Gasteiger partial charge in [0.15, 0.2) is 0 Å². The molecule has 0 saturated carbocycles. The number of carbonyl (C=O) groups excluding carboxylic acids is 1. The van der Waals surface area contributed by atoms with Crippen LogP contribution >= 0.6 is 0 Å². The molecule has 1 saturated heterocycles. The van der Waals surface area contributed by atoms with E-state index in [1.165, 1.54) is 0 Å². The van der Waals surface area contributed by atoms with Crippen molar-refractivity contribution in [2.24, 2.45) is 0 Å². The minimum Gasteiger partial charge on any atom is -0.480 e. The number of benzene rings is 1. The van der Waals surface area contributed by atoms with Crippen molar-refractivity contribution in [3.05, 3.63) is 30.3 Å². The lowest BCUT2D eigenvalue weighted by molar-refractivity contribution is -0.141. The second-order valence-corrected chi connectivity index (χ2v) is 3.99. The lowest BCUT2D eigenvalue weighted by Gasteiger charge is -2.24. The van der Waals surface area contributed by atoms with Crippen molar-refractivity contribution in [2.75, 3.05) is 18.0 Å². The van der Waals surface area contributed by atoms with Gasteiger partial charge >= 0.3 is 5.97 Å². The summed E-state index contributed by atoms with van der Waals surface area (Å²) >= 11 is 0. The lowest BCUT2D eigenvalue weighted by atomic mass is 10.2. The molecule has 0 spiro atoms. The molecule has 17 heavy (non-hydrogen) atoms. The normalized spacial score (nSPS) is 20.6. The molecular formula is C12H14N2O3. The van der Waals surface area contributed by atoms with Gasteiger partial charge in [-0.1, -0.05) is 18.2 Å². The minimum atomic E-state index is -0.999. The monoisotopic (exact) mass is 234 g/mol. The number of amides is 1. The molecule has 2 N–H and O–H groups in total. The fourth-order valence-corrected chi connectivity index (χ4v) is 1.87. The van der Waals surface area contributed by atoms with Crippen molar-refractivity contribution in [3.8, 4) is 0 Å². The number of aliphatic carboxylic acids is 1. The first-order valence-electron chi connectivity index (χ1n) is 5.49. The predicted molar refractivity (Wildman–Crippen MR) is 62.8 cm³/mol. The molecule has 1 aliphatic rings. The Kier molecular flexibility index (Phi) is 3.27. The molecule has 5 nitrogen and oxygen atoms in total. The molecule has 1 atom stereocenters. The molecule has 0 aromatic heterocycles. The standard InChI is InChI=1S/C12H14N2O3/c15-11-6-7-14(8-10(13-11)12(16)17)9-4-2-1-3-5-9/h1-5,10H,6-8H2,(H,13,15)(H,16,17). The zero-order valence-corrected chi connectivity index (χ0v) is 9.30. The summed E-state index contributed by atoms with van der Waals surface area (Å²) in [7, 11) is 0. The molecule has 1 aliphatic heterocycles. The Hall–Kier alpha value is -2.04. The molecule has 1 unspecified atom stereocenters. The number of para-hydroxylation sites is 1. The fourth-order valence-electron chi connectivity index (χ4n) is 1.87. The van der Waals surface area contributed by atoms with Gasteiger partial charge < -0.3 is 15.3 Å². The van der Waals surface area contributed by atoms with Gasteiger partial charge in [-0.25, -0.2) is 4.79 Å². The van der Waals surface area contributed by atoms with E-state index < -0.39 is 12.0 Å². The van der Waals surface area contributed by atoms with Crippen LogP contribution in [0, 0.1) is 0 Å². The average molecular weight is 234 g/mol. The quantitative estimate of drug-likeness (QED) is 0.780. The first-order valence-corrected chi connectivity index (χ1v) is 5.49. The number of carboxylic acids is 1. The lowest BCUT2D eigenvalue weighted by Crippen LogP contribution is -2.45. The third kappa shape index (κ3) is 2.75. The predicted octanol–water partition coefficient (Wildman–Crippen LogP) is 0.466. The van der Waals surface area contributed by atoms with Crippen LogP contribution in [-0.4, -0.2) is 36.1 Å². The molecule has 0 radical (unpaired) electrons. The number of hydrogen-bond acceptors (Lipinski definition) is 3. The van der Waals surface area contributed by atoms with Crippen LogP contribution < -0.4 is 10.2 Å². The summed E-state index contributed by atoms with van der Waals surface area (Å²) in [6.45, 7) is 0.838. The van der Waals surface area contributed by atoms with Crippen LogP contribution in [0.25, 0.3) is 0 Å². The van der Waals surface area contributed by atoms with Crippen molar-refractivity contribution in [2.45, 2.75) is 12.5 Å². The van der Waals surface area contributed by atoms with Gasteiger partial charge in [-0.3, -0.25) is 4.79 Å². The highest BCUT2D eigenvalue weighted by Crippen LogP contribution is 2.15. The van der Waals surface area contributed by atoms with E-state index in [1.54, 1.807) is 0 Å². The van der Waals surface area contributed by atoms with Crippen LogP contribution in [0.15, 0.2) is 30.3 Å². The van der Waals surface area contributed by atoms with Crippen molar-refractivity contribution in [1.82, 2.24) is 5.32 Å². The first-order chi connectivity index (χ1) is 8.16. The van der Waals surface area contributed by atoms with Crippen LogP contribution in [0.4, 0.5) is 5.69 Å². The molecular weight excluding hydrogens is 220 g/mol. The molecule has 1 fully saturated rings. The maximum absolute atomic E-state index is 11.4. The number of nitrogens with one attached hydrogen (secondary N) is 1. The van der Waals surface area contributed by atoms with E-state index in [9.17, 15) is 9.59 Å². The highest BCUT2D eigenvalue weighted by molar-refractivity contribution is 5.85. The highest BCUT2D eigenvalue weighted by atomic mass is 16.4. The molecule has 2 rings (SSSR count). The summed E-state index contributed by atoms with van der Waals surface area (Å²) in [5.74, 6) is -1.21. The van der Waals surface area contributed by atoms with Gasteiger partial charge in [0.1, 0.15) is 6.04 Å². The van der Waals surface area contributed by atoms with E-state index in [2.05, 4.69) is 5.32 Å². The van der Waals surface area contributed by atoms with Gasteiger partial charge in [-0.05, 0) is 12.1 Å². The Morgan fingerprint density at radius 1 is 1.35 bits per heavy atom. The van der Waals surface area contributed by atoms with Gasteiger partial charge in [-0.2, -0.15) is 0 Å². The van der Waals surface area contributed by atoms with Crippen molar-refractivity contribution in [3.63, 3.8) is 0 Å². The molecule has 5 heteroatoms. The van der Waals surface area contributed by atoms with Gasteiger partial charge in [-0.15, -0.1) is 0 Å². The summed E-state index contributed by atoms with van der Waals surface area (Å²) < 4.78 is 0. The maximum Gasteiger partial charge on any atom is 0.328 e. The average Bonchev–Trinajstić information content (AvgIpc) is 2.52. The Labute approximate surface area is 99.0 Å². The summed E-state index contributed by atoms with van der Waals surface area (Å²) in [6.07, 6.45) is 0.318. The number of anilines is 1. The summed E-state index contributed by atoms with van der Waals surface area (Å²) in [6, 6.07) is 8.67. The van der Waals surface area contributed by atoms with Gasteiger partial charge in [0.2, 0.25) is 5.91 Å². The van der Waals surface area contributed by atoms with Crippen LogP contribution in [-0.2, 0) is 9.59 Å². The van der Waals surface area contributed by atoms with Crippen molar-refractivity contribution < 1.29 is 14.7 Å². The van der Waals surface area contributed by atoms with Crippen LogP contribution in [0.3, 0.4) is 0 Å². The topological polar surface area (TPSA) is 69.6 Å². The van der Waals surface area contributed by atoms with Crippen LogP contribution in [0.2, 0.25) is 0 Å². The van der Waals surface area contributed by atoms with Crippen LogP contribution in [0.5, 0.6) is 0 Å². The molecule has 1 aromatic carbocycles. The zero-order chi connectivity index (χ0) is 12.3. The number of carbonyl (C=O) groups is 2. The Bertz CT molecular complexity index is 419. The summed E-state index contributed by atoms with van der Waals surface area (Å²) in [5, 5.41) is 11.5. The number of nitrogens with zero attached hydrogens (tertiary/aromatic N) is 1. The van der Waals surface area contributed by atoms with E-state index in [-0.39, 0.29) is 5.91 Å². The first kappa shape index (κ1) is 11.4. The van der Waals surface area contributed by atoms with E-state index in [0.29, 0.717) is 19.5 Å². The van der Waals surface area contributed by atoms with Gasteiger partial charge in [0.05, 0.1) is 0 Å². The summed E-state index contributed by atoms with van der Waals surface area (Å²) in [5.41, 5.74) is 0.940. The SMILES string of the molecule is O=C1CCN(c2ccccc2)CC(C(=O)O)N1.